The Kier molecular flexibility index (Phi) is 3.52. The minimum Gasteiger partial charge on any atom is -0.508 e. The Morgan fingerprint density at radius 1 is 1.40 bits per heavy atom. The van der Waals surface area contributed by atoms with Gasteiger partial charge in [-0.3, -0.25) is 4.79 Å². The summed E-state index contributed by atoms with van der Waals surface area (Å²) in [5, 5.41) is 28.2. The molecule has 82 valence electrons. The summed E-state index contributed by atoms with van der Waals surface area (Å²) in [6.45, 7) is 0. The first kappa shape index (κ1) is 11.8. The van der Waals surface area contributed by atoms with Gasteiger partial charge in [0.25, 0.3) is 0 Å². The van der Waals surface area contributed by atoms with E-state index < -0.39 is 18.1 Å². The zero-order valence-electron chi connectivity index (χ0n) is 7.59. The highest BCUT2D eigenvalue weighted by atomic mass is 35.5. The maximum Gasteiger partial charge on any atom is 0.249 e. The van der Waals surface area contributed by atoms with Gasteiger partial charge in [0.2, 0.25) is 5.91 Å². The van der Waals surface area contributed by atoms with Crippen LogP contribution in [0.3, 0.4) is 0 Å². The first-order chi connectivity index (χ1) is 6.95. The van der Waals surface area contributed by atoms with Crippen LogP contribution in [0.5, 0.6) is 5.75 Å². The van der Waals surface area contributed by atoms with E-state index in [1.807, 2.05) is 0 Å². The quantitative estimate of drug-likeness (QED) is 0.584. The van der Waals surface area contributed by atoms with Gasteiger partial charge in [0.1, 0.15) is 11.9 Å². The highest BCUT2D eigenvalue weighted by Crippen LogP contribution is 2.32. The minimum absolute atomic E-state index is 0.0443. The van der Waals surface area contributed by atoms with Crippen LogP contribution in [0, 0.1) is 0 Å². The van der Waals surface area contributed by atoms with Crippen molar-refractivity contribution in [3.8, 4) is 5.75 Å². The summed E-state index contributed by atoms with van der Waals surface area (Å²) in [7, 11) is 0. The van der Waals surface area contributed by atoms with Crippen LogP contribution in [-0.2, 0) is 4.79 Å². The molecule has 0 aromatic heterocycles. The number of aliphatic hydroxyl groups is 2. The van der Waals surface area contributed by atoms with Crippen LogP contribution >= 0.6 is 11.6 Å². The van der Waals surface area contributed by atoms with Crippen molar-refractivity contribution < 1.29 is 20.1 Å². The standard InChI is InChI=1S/C9H10ClNO4/c10-4-2-1-3-5(12)6(4)7(13)8(14)9(11)15/h1-3,7-8,12-14H,(H2,11,15). The van der Waals surface area contributed by atoms with E-state index in [2.05, 4.69) is 0 Å². The second-order valence-electron chi connectivity index (χ2n) is 2.96. The normalized spacial score (nSPS) is 14.6. The summed E-state index contributed by atoms with van der Waals surface area (Å²) >= 11 is 5.69. The highest BCUT2D eigenvalue weighted by molar-refractivity contribution is 6.31. The van der Waals surface area contributed by atoms with E-state index in [0.717, 1.165) is 0 Å². The SMILES string of the molecule is NC(=O)C(O)C(O)c1c(O)cccc1Cl. The first-order valence-corrected chi connectivity index (χ1v) is 4.45. The molecule has 1 aromatic rings. The molecule has 0 aliphatic heterocycles. The van der Waals surface area contributed by atoms with Crippen molar-refractivity contribution in [3.63, 3.8) is 0 Å². The summed E-state index contributed by atoms with van der Waals surface area (Å²) in [4.78, 5) is 10.6. The molecule has 0 saturated heterocycles. The molecule has 0 saturated carbocycles. The molecule has 0 spiro atoms. The van der Waals surface area contributed by atoms with Gasteiger partial charge in [-0.05, 0) is 12.1 Å². The van der Waals surface area contributed by atoms with E-state index in [1.54, 1.807) is 0 Å². The van der Waals surface area contributed by atoms with E-state index in [4.69, 9.17) is 17.3 Å². The Labute approximate surface area is 90.7 Å². The molecule has 0 heterocycles. The third kappa shape index (κ3) is 2.38. The monoisotopic (exact) mass is 231 g/mol. The Morgan fingerprint density at radius 3 is 2.47 bits per heavy atom. The number of carbonyl (C=O) groups excluding carboxylic acids is 1. The van der Waals surface area contributed by atoms with Crippen molar-refractivity contribution in [1.29, 1.82) is 0 Å². The van der Waals surface area contributed by atoms with Crippen molar-refractivity contribution in [2.75, 3.05) is 0 Å². The Hall–Kier alpha value is -1.30. The molecule has 0 aliphatic carbocycles. The number of primary amides is 1. The van der Waals surface area contributed by atoms with Crippen molar-refractivity contribution in [2.24, 2.45) is 5.73 Å². The summed E-state index contributed by atoms with van der Waals surface area (Å²) < 4.78 is 0. The second kappa shape index (κ2) is 4.48. The first-order valence-electron chi connectivity index (χ1n) is 4.08. The number of rotatable bonds is 3. The molecular weight excluding hydrogens is 222 g/mol. The lowest BCUT2D eigenvalue weighted by molar-refractivity contribution is -0.132. The number of hydrogen-bond donors (Lipinski definition) is 4. The van der Waals surface area contributed by atoms with E-state index in [1.165, 1.54) is 18.2 Å². The zero-order chi connectivity index (χ0) is 11.6. The number of amides is 1. The van der Waals surface area contributed by atoms with Gasteiger partial charge in [0.05, 0.1) is 5.02 Å². The average molecular weight is 232 g/mol. The Balaban J connectivity index is 3.10. The van der Waals surface area contributed by atoms with Crippen LogP contribution in [0.4, 0.5) is 0 Å². The van der Waals surface area contributed by atoms with Crippen LogP contribution in [0.2, 0.25) is 5.02 Å². The number of aliphatic hydroxyl groups excluding tert-OH is 2. The molecule has 0 radical (unpaired) electrons. The number of phenolic OH excluding ortho intramolecular Hbond substituents is 1. The van der Waals surface area contributed by atoms with Crippen molar-refractivity contribution in [2.45, 2.75) is 12.2 Å². The van der Waals surface area contributed by atoms with Gasteiger partial charge in [0.15, 0.2) is 6.10 Å². The third-order valence-electron chi connectivity index (χ3n) is 1.92. The van der Waals surface area contributed by atoms with Crippen molar-refractivity contribution >= 4 is 17.5 Å². The lowest BCUT2D eigenvalue weighted by Gasteiger charge is -2.17. The van der Waals surface area contributed by atoms with Crippen LogP contribution < -0.4 is 5.73 Å². The highest BCUT2D eigenvalue weighted by Gasteiger charge is 2.27. The predicted octanol–water partition coefficient (Wildman–Crippen LogP) is -0.0748. The Morgan fingerprint density at radius 2 is 2.00 bits per heavy atom. The number of hydrogen-bond acceptors (Lipinski definition) is 4. The van der Waals surface area contributed by atoms with Crippen LogP contribution in [0.15, 0.2) is 18.2 Å². The van der Waals surface area contributed by atoms with Crippen LogP contribution in [0.25, 0.3) is 0 Å². The molecule has 15 heavy (non-hydrogen) atoms. The fourth-order valence-electron chi connectivity index (χ4n) is 1.13. The predicted molar refractivity (Wildman–Crippen MR) is 53.3 cm³/mol. The van der Waals surface area contributed by atoms with Gasteiger partial charge in [0, 0.05) is 5.56 Å². The fraction of sp³-hybridized carbons (Fsp3) is 0.222. The molecule has 6 heteroatoms. The van der Waals surface area contributed by atoms with Gasteiger partial charge in [-0.2, -0.15) is 0 Å². The van der Waals surface area contributed by atoms with Crippen LogP contribution in [0.1, 0.15) is 11.7 Å². The van der Waals surface area contributed by atoms with Gasteiger partial charge in [-0.15, -0.1) is 0 Å². The molecule has 0 bridgehead atoms. The fourth-order valence-corrected chi connectivity index (χ4v) is 1.41. The molecule has 2 unspecified atom stereocenters. The van der Waals surface area contributed by atoms with E-state index >= 15 is 0 Å². The molecule has 0 aliphatic rings. The zero-order valence-corrected chi connectivity index (χ0v) is 8.35. The molecule has 2 atom stereocenters. The summed E-state index contributed by atoms with van der Waals surface area (Å²) in [5.41, 5.74) is 4.68. The molecule has 5 nitrogen and oxygen atoms in total. The molecule has 0 fully saturated rings. The number of nitrogens with two attached hydrogens (primary N) is 1. The van der Waals surface area contributed by atoms with Gasteiger partial charge >= 0.3 is 0 Å². The Bertz CT molecular complexity index is 362. The third-order valence-corrected chi connectivity index (χ3v) is 2.25. The smallest absolute Gasteiger partial charge is 0.249 e. The van der Waals surface area contributed by atoms with Crippen LogP contribution in [-0.4, -0.2) is 27.3 Å². The van der Waals surface area contributed by atoms with Crippen molar-refractivity contribution in [3.05, 3.63) is 28.8 Å². The van der Waals surface area contributed by atoms with E-state index in [0.29, 0.717) is 0 Å². The lowest BCUT2D eigenvalue weighted by atomic mass is 10.0. The topological polar surface area (TPSA) is 104 Å². The number of phenols is 1. The molecular formula is C9H10ClNO4. The van der Waals surface area contributed by atoms with E-state index in [9.17, 15) is 20.1 Å². The maximum atomic E-state index is 10.6. The molecule has 1 rings (SSSR count). The largest absolute Gasteiger partial charge is 0.508 e. The van der Waals surface area contributed by atoms with E-state index in [-0.39, 0.29) is 16.3 Å². The maximum absolute atomic E-state index is 10.6. The molecule has 1 aromatic carbocycles. The second-order valence-corrected chi connectivity index (χ2v) is 3.37. The van der Waals surface area contributed by atoms with Gasteiger partial charge in [-0.25, -0.2) is 0 Å². The van der Waals surface area contributed by atoms with Gasteiger partial charge in [-0.1, -0.05) is 17.7 Å². The summed E-state index contributed by atoms with van der Waals surface area (Å²) in [6, 6.07) is 4.15. The average Bonchev–Trinajstić information content (AvgIpc) is 2.15. The van der Waals surface area contributed by atoms with Gasteiger partial charge < -0.3 is 21.1 Å². The molecule has 1 amide bonds. The number of carbonyl (C=O) groups is 1. The molecule has 5 N–H and O–H groups in total. The lowest BCUT2D eigenvalue weighted by Crippen LogP contribution is -2.34. The summed E-state index contributed by atoms with van der Waals surface area (Å²) in [5.74, 6) is -1.41. The number of halogens is 1. The number of aromatic hydroxyl groups is 1. The minimum atomic E-state index is -1.81. The summed E-state index contributed by atoms with van der Waals surface area (Å²) in [6.07, 6.45) is -3.45. The van der Waals surface area contributed by atoms with Crippen molar-refractivity contribution in [1.82, 2.24) is 0 Å². The number of benzene rings is 1.